The quantitative estimate of drug-likeness (QED) is 0.762. The highest BCUT2D eigenvalue weighted by atomic mass is 16.3. The Balaban J connectivity index is 2.51. The molecule has 2 atom stereocenters. The van der Waals surface area contributed by atoms with Crippen molar-refractivity contribution in [3.63, 3.8) is 0 Å². The van der Waals surface area contributed by atoms with Crippen LogP contribution in [0.25, 0.3) is 0 Å². The van der Waals surface area contributed by atoms with Gasteiger partial charge in [0.05, 0.1) is 0 Å². The fourth-order valence-corrected chi connectivity index (χ4v) is 4.06. The number of ketones is 1. The van der Waals surface area contributed by atoms with Crippen molar-refractivity contribution < 1.29 is 9.90 Å². The molecule has 0 aliphatic heterocycles. The van der Waals surface area contributed by atoms with Crippen molar-refractivity contribution in [3.8, 4) is 0 Å². The van der Waals surface area contributed by atoms with Crippen LogP contribution in [0, 0.1) is 16.7 Å². The first-order valence-corrected chi connectivity index (χ1v) is 6.89. The van der Waals surface area contributed by atoms with Gasteiger partial charge in [-0.15, -0.1) is 0 Å². The first-order chi connectivity index (χ1) is 8.33. The average molecular weight is 248 g/mol. The summed E-state index contributed by atoms with van der Waals surface area (Å²) < 4.78 is 0. The maximum atomic E-state index is 12.1. The molecule has 0 aromatic rings. The van der Waals surface area contributed by atoms with E-state index in [0.29, 0.717) is 12.0 Å². The molecule has 0 bridgehead atoms. The molecule has 2 heteroatoms. The van der Waals surface area contributed by atoms with Crippen LogP contribution < -0.4 is 0 Å². The smallest absolute Gasteiger partial charge is 0.181 e. The van der Waals surface area contributed by atoms with Crippen LogP contribution in [-0.2, 0) is 4.79 Å². The first-order valence-electron chi connectivity index (χ1n) is 6.89. The van der Waals surface area contributed by atoms with Crippen LogP contribution in [0.1, 0.15) is 46.5 Å². The zero-order valence-corrected chi connectivity index (χ0v) is 11.8. The van der Waals surface area contributed by atoms with Crippen molar-refractivity contribution in [2.75, 3.05) is 6.61 Å². The van der Waals surface area contributed by atoms with Gasteiger partial charge in [0, 0.05) is 6.61 Å². The summed E-state index contributed by atoms with van der Waals surface area (Å²) >= 11 is 0. The molecule has 0 aromatic carbocycles. The van der Waals surface area contributed by atoms with Crippen molar-refractivity contribution in [1.29, 1.82) is 0 Å². The van der Waals surface area contributed by atoms with Gasteiger partial charge in [-0.3, -0.25) is 4.79 Å². The summed E-state index contributed by atoms with van der Waals surface area (Å²) in [6.07, 6.45) is 5.90. The van der Waals surface area contributed by atoms with Gasteiger partial charge in [-0.2, -0.15) is 0 Å². The molecule has 0 amide bonds. The first kappa shape index (κ1) is 13.5. The normalized spacial score (nSPS) is 35.1. The number of aliphatic hydroxyl groups excluding tert-OH is 1. The fourth-order valence-electron chi connectivity index (χ4n) is 4.06. The largest absolute Gasteiger partial charge is 0.396 e. The Morgan fingerprint density at radius 1 is 1.39 bits per heavy atom. The summed E-state index contributed by atoms with van der Waals surface area (Å²) in [6, 6.07) is 0. The number of hydrogen-bond acceptors (Lipinski definition) is 2. The van der Waals surface area contributed by atoms with Gasteiger partial charge >= 0.3 is 0 Å². The molecule has 1 fully saturated rings. The molecule has 0 unspecified atom stereocenters. The van der Waals surface area contributed by atoms with E-state index in [1.807, 2.05) is 6.08 Å². The zero-order valence-electron chi connectivity index (χ0n) is 11.8. The van der Waals surface area contributed by atoms with Crippen LogP contribution in [0.3, 0.4) is 0 Å². The van der Waals surface area contributed by atoms with E-state index < -0.39 is 0 Å². The lowest BCUT2D eigenvalue weighted by molar-refractivity contribution is -0.113. The van der Waals surface area contributed by atoms with Crippen LogP contribution in [-0.4, -0.2) is 17.5 Å². The lowest BCUT2D eigenvalue weighted by Gasteiger charge is -2.52. The molecule has 2 aliphatic carbocycles. The average Bonchev–Trinajstić information content (AvgIpc) is 2.28. The lowest BCUT2D eigenvalue weighted by atomic mass is 9.52. The minimum Gasteiger partial charge on any atom is -0.396 e. The third kappa shape index (κ3) is 1.87. The van der Waals surface area contributed by atoms with Crippen molar-refractivity contribution in [2.24, 2.45) is 16.7 Å². The molecule has 1 N–H and O–H groups in total. The zero-order chi connectivity index (χ0) is 13.6. The van der Waals surface area contributed by atoms with Gasteiger partial charge in [-0.25, -0.2) is 0 Å². The minimum absolute atomic E-state index is 0.00940. The third-order valence-corrected chi connectivity index (χ3v) is 5.04. The molecule has 2 aliphatic rings. The number of allylic oxidation sites excluding steroid dienone is 3. The monoisotopic (exact) mass is 248 g/mol. The standard InChI is InChI=1S/C16H24O2/c1-11-12(6-9-17)16(4)8-5-7-15(2,3)14(16)10-13(11)18/h10,12,17H,1,5-9H2,2-4H3/t12-,16+/m0/s1. The summed E-state index contributed by atoms with van der Waals surface area (Å²) in [5, 5.41) is 9.29. The van der Waals surface area contributed by atoms with Crippen LogP contribution in [0.2, 0.25) is 0 Å². The Morgan fingerprint density at radius 2 is 2.06 bits per heavy atom. The van der Waals surface area contributed by atoms with Crippen LogP contribution in [0.15, 0.2) is 23.8 Å². The maximum absolute atomic E-state index is 12.1. The van der Waals surface area contributed by atoms with Crippen molar-refractivity contribution >= 4 is 5.78 Å². The second-order valence-corrected chi connectivity index (χ2v) is 6.67. The highest BCUT2D eigenvalue weighted by Crippen LogP contribution is 2.58. The molecule has 2 rings (SSSR count). The SMILES string of the molecule is C=C1C(=O)C=C2C(C)(C)CCC[C@]2(C)[C@H]1CCO. The summed E-state index contributed by atoms with van der Waals surface area (Å²) in [6.45, 7) is 10.8. The van der Waals surface area contributed by atoms with Crippen molar-refractivity contribution in [2.45, 2.75) is 46.5 Å². The van der Waals surface area contributed by atoms with E-state index in [4.69, 9.17) is 0 Å². The third-order valence-electron chi connectivity index (χ3n) is 5.04. The van der Waals surface area contributed by atoms with Gasteiger partial charge in [0.25, 0.3) is 0 Å². The molecule has 100 valence electrons. The van der Waals surface area contributed by atoms with E-state index in [1.165, 1.54) is 12.0 Å². The van der Waals surface area contributed by atoms with E-state index in [-0.39, 0.29) is 29.1 Å². The van der Waals surface area contributed by atoms with Crippen LogP contribution in [0.5, 0.6) is 0 Å². The summed E-state index contributed by atoms with van der Waals surface area (Å²) in [7, 11) is 0. The Kier molecular flexibility index (Phi) is 3.26. The predicted molar refractivity (Wildman–Crippen MR) is 73.2 cm³/mol. The Bertz CT molecular complexity index is 417. The Labute approximate surface area is 110 Å². The van der Waals surface area contributed by atoms with Gasteiger partial charge in [-0.05, 0) is 47.7 Å². The van der Waals surface area contributed by atoms with E-state index in [9.17, 15) is 9.90 Å². The molecular weight excluding hydrogens is 224 g/mol. The highest BCUT2D eigenvalue weighted by molar-refractivity contribution is 6.06. The predicted octanol–water partition coefficient (Wildman–Crippen LogP) is 3.27. The highest BCUT2D eigenvalue weighted by Gasteiger charge is 2.50. The van der Waals surface area contributed by atoms with Gasteiger partial charge in [0.2, 0.25) is 0 Å². The Morgan fingerprint density at radius 3 is 2.67 bits per heavy atom. The number of aliphatic hydroxyl groups is 1. The van der Waals surface area contributed by atoms with Gasteiger partial charge in [0.1, 0.15) is 0 Å². The number of carbonyl (C=O) groups is 1. The van der Waals surface area contributed by atoms with Crippen LogP contribution in [0.4, 0.5) is 0 Å². The lowest BCUT2D eigenvalue weighted by Crippen LogP contribution is -2.44. The summed E-state index contributed by atoms with van der Waals surface area (Å²) in [5.74, 6) is 0.172. The van der Waals surface area contributed by atoms with Crippen molar-refractivity contribution in [1.82, 2.24) is 0 Å². The summed E-state index contributed by atoms with van der Waals surface area (Å²) in [4.78, 5) is 12.1. The second kappa shape index (κ2) is 4.34. The second-order valence-electron chi connectivity index (χ2n) is 6.67. The number of hydrogen-bond donors (Lipinski definition) is 1. The molecule has 0 radical (unpaired) electrons. The topological polar surface area (TPSA) is 37.3 Å². The molecule has 0 saturated heterocycles. The summed E-state index contributed by atoms with van der Waals surface area (Å²) in [5.41, 5.74) is 2.07. The van der Waals surface area contributed by atoms with E-state index in [1.54, 1.807) is 0 Å². The maximum Gasteiger partial charge on any atom is 0.181 e. The molecular formula is C16H24O2. The van der Waals surface area contributed by atoms with E-state index in [0.717, 1.165) is 12.8 Å². The molecule has 0 heterocycles. The van der Waals surface area contributed by atoms with E-state index in [2.05, 4.69) is 27.4 Å². The fraction of sp³-hybridized carbons (Fsp3) is 0.688. The Hall–Kier alpha value is -0.890. The van der Waals surface area contributed by atoms with Crippen molar-refractivity contribution in [3.05, 3.63) is 23.8 Å². The molecule has 1 saturated carbocycles. The molecule has 0 aromatic heterocycles. The van der Waals surface area contributed by atoms with Crippen LogP contribution >= 0.6 is 0 Å². The number of carbonyl (C=O) groups excluding carboxylic acids is 1. The number of rotatable bonds is 2. The van der Waals surface area contributed by atoms with Gasteiger partial charge < -0.3 is 5.11 Å². The minimum atomic E-state index is 0.00940. The van der Waals surface area contributed by atoms with Gasteiger partial charge in [-0.1, -0.05) is 39.3 Å². The van der Waals surface area contributed by atoms with Gasteiger partial charge in [0.15, 0.2) is 5.78 Å². The molecule has 18 heavy (non-hydrogen) atoms. The number of fused-ring (bicyclic) bond motifs is 1. The van der Waals surface area contributed by atoms with E-state index >= 15 is 0 Å². The molecule has 2 nitrogen and oxygen atoms in total. The molecule has 0 spiro atoms.